The van der Waals surface area contributed by atoms with Gasteiger partial charge in [0.1, 0.15) is 12.4 Å². The van der Waals surface area contributed by atoms with Gasteiger partial charge in [-0.05, 0) is 18.2 Å². The Bertz CT molecular complexity index is 301. The van der Waals surface area contributed by atoms with Crippen molar-refractivity contribution in [1.29, 1.82) is 0 Å². The molecular weight excluding hydrogens is 286 g/mol. The minimum Gasteiger partial charge on any atom is -0.461 e. The second-order valence-electron chi connectivity index (χ2n) is 2.34. The van der Waals surface area contributed by atoms with Gasteiger partial charge in [0.2, 0.25) is 0 Å². The van der Waals surface area contributed by atoms with Crippen LogP contribution < -0.4 is 0 Å². The Hall–Kier alpha value is -0.650. The lowest BCUT2D eigenvalue weighted by atomic mass is 10.2. The molecule has 0 saturated heterocycles. The molecule has 0 unspecified atom stereocenters. The summed E-state index contributed by atoms with van der Waals surface area (Å²) in [6.45, 7) is 0.357. The zero-order valence-electron chi connectivity index (χ0n) is 6.80. The second-order valence-corrected chi connectivity index (χ2v) is 3.41. The molecule has 1 aromatic carbocycles. The third-order valence-electron chi connectivity index (χ3n) is 1.37. The highest BCUT2D eigenvalue weighted by Gasteiger charge is 2.06. The van der Waals surface area contributed by atoms with Gasteiger partial charge in [-0.1, -0.05) is 28.7 Å². The zero-order valence-corrected chi connectivity index (χ0v) is 8.95. The molecule has 0 N–H and O–H groups in total. The topological polar surface area (TPSA) is 26.3 Å². The van der Waals surface area contributed by atoms with Crippen LogP contribution in [0.1, 0.15) is 10.4 Å². The predicted molar refractivity (Wildman–Crippen MR) is 55.6 cm³/mol. The van der Waals surface area contributed by atoms with Crippen molar-refractivity contribution in [3.05, 3.63) is 35.6 Å². The Balaban J connectivity index is 2.66. The van der Waals surface area contributed by atoms with Gasteiger partial charge < -0.3 is 4.74 Å². The average Bonchev–Trinajstić information content (AvgIpc) is 2.14. The SMILES string of the molecule is O=C(OCCI)c1cccc(F)c1. The molecule has 4 heteroatoms. The Morgan fingerprint density at radius 1 is 1.54 bits per heavy atom. The largest absolute Gasteiger partial charge is 0.461 e. The van der Waals surface area contributed by atoms with Crippen molar-refractivity contribution >= 4 is 28.6 Å². The first-order valence-electron chi connectivity index (χ1n) is 3.72. The Morgan fingerprint density at radius 2 is 2.31 bits per heavy atom. The fourth-order valence-corrected chi connectivity index (χ4v) is 1.05. The molecule has 2 nitrogen and oxygen atoms in total. The van der Waals surface area contributed by atoms with Crippen LogP contribution in [0.15, 0.2) is 24.3 Å². The fourth-order valence-electron chi connectivity index (χ4n) is 0.830. The van der Waals surface area contributed by atoms with E-state index in [1.165, 1.54) is 18.2 Å². The van der Waals surface area contributed by atoms with Crippen LogP contribution in [-0.4, -0.2) is 17.0 Å². The first-order chi connectivity index (χ1) is 6.24. The van der Waals surface area contributed by atoms with Crippen molar-refractivity contribution < 1.29 is 13.9 Å². The number of carbonyl (C=O) groups is 1. The van der Waals surface area contributed by atoms with Crippen LogP contribution >= 0.6 is 22.6 Å². The van der Waals surface area contributed by atoms with Crippen molar-refractivity contribution in [3.63, 3.8) is 0 Å². The van der Waals surface area contributed by atoms with Crippen LogP contribution in [0.3, 0.4) is 0 Å². The highest BCUT2D eigenvalue weighted by molar-refractivity contribution is 14.1. The van der Waals surface area contributed by atoms with E-state index >= 15 is 0 Å². The molecule has 0 heterocycles. The summed E-state index contributed by atoms with van der Waals surface area (Å²) in [6.07, 6.45) is 0. The molecule has 0 aliphatic rings. The van der Waals surface area contributed by atoms with Crippen LogP contribution in [0.25, 0.3) is 0 Å². The van der Waals surface area contributed by atoms with E-state index in [1.54, 1.807) is 0 Å². The quantitative estimate of drug-likeness (QED) is 0.486. The number of ether oxygens (including phenoxy) is 1. The number of esters is 1. The van der Waals surface area contributed by atoms with Gasteiger partial charge in [0.25, 0.3) is 0 Å². The van der Waals surface area contributed by atoms with Gasteiger partial charge in [0.05, 0.1) is 5.56 Å². The van der Waals surface area contributed by atoms with Gasteiger partial charge >= 0.3 is 5.97 Å². The average molecular weight is 294 g/mol. The van der Waals surface area contributed by atoms with Gasteiger partial charge in [-0.15, -0.1) is 0 Å². The Labute approximate surface area is 89.2 Å². The summed E-state index contributed by atoms with van der Waals surface area (Å²) in [5.41, 5.74) is 0.254. The normalized spacial score (nSPS) is 9.69. The third kappa shape index (κ3) is 3.30. The van der Waals surface area contributed by atoms with Crippen LogP contribution in [0.5, 0.6) is 0 Å². The third-order valence-corrected chi connectivity index (χ3v) is 1.81. The number of halogens is 2. The number of hydrogen-bond donors (Lipinski definition) is 0. The van der Waals surface area contributed by atoms with E-state index in [0.29, 0.717) is 6.61 Å². The first-order valence-corrected chi connectivity index (χ1v) is 5.25. The molecule has 0 saturated carbocycles. The summed E-state index contributed by atoms with van der Waals surface area (Å²) in [5, 5.41) is 0. The van der Waals surface area contributed by atoms with Crippen LogP contribution in [0.4, 0.5) is 4.39 Å². The highest BCUT2D eigenvalue weighted by atomic mass is 127. The van der Waals surface area contributed by atoms with E-state index in [4.69, 9.17) is 4.74 Å². The van der Waals surface area contributed by atoms with Gasteiger partial charge in [-0.2, -0.15) is 0 Å². The Morgan fingerprint density at radius 3 is 2.92 bits per heavy atom. The van der Waals surface area contributed by atoms with Crippen LogP contribution in [0.2, 0.25) is 0 Å². The Kier molecular flexibility index (Phi) is 4.14. The highest BCUT2D eigenvalue weighted by Crippen LogP contribution is 2.05. The lowest BCUT2D eigenvalue weighted by Crippen LogP contribution is -2.07. The molecule has 70 valence electrons. The molecule has 0 aliphatic heterocycles. The van der Waals surface area contributed by atoms with Gasteiger partial charge in [0, 0.05) is 4.43 Å². The number of rotatable bonds is 3. The van der Waals surface area contributed by atoms with Crippen molar-refractivity contribution in [1.82, 2.24) is 0 Å². The lowest BCUT2D eigenvalue weighted by Gasteiger charge is -2.01. The summed E-state index contributed by atoms with van der Waals surface area (Å²) >= 11 is 2.10. The van der Waals surface area contributed by atoms with E-state index in [-0.39, 0.29) is 5.56 Å². The molecule has 0 bridgehead atoms. The molecule has 1 aromatic rings. The maximum Gasteiger partial charge on any atom is 0.338 e. The monoisotopic (exact) mass is 294 g/mol. The van der Waals surface area contributed by atoms with Crippen molar-refractivity contribution in [3.8, 4) is 0 Å². The summed E-state index contributed by atoms with van der Waals surface area (Å²) in [7, 11) is 0. The minimum absolute atomic E-state index is 0.254. The summed E-state index contributed by atoms with van der Waals surface area (Å²) in [6, 6.07) is 5.46. The molecule has 0 spiro atoms. The molecule has 0 atom stereocenters. The number of hydrogen-bond acceptors (Lipinski definition) is 2. The van der Waals surface area contributed by atoms with Crippen molar-refractivity contribution in [2.24, 2.45) is 0 Å². The summed E-state index contributed by atoms with van der Waals surface area (Å²) in [4.78, 5) is 11.2. The second kappa shape index (κ2) is 5.16. The summed E-state index contributed by atoms with van der Waals surface area (Å²) < 4.78 is 18.2. The molecule has 0 aliphatic carbocycles. The van der Waals surface area contributed by atoms with E-state index in [0.717, 1.165) is 10.5 Å². The molecule has 0 radical (unpaired) electrons. The van der Waals surface area contributed by atoms with E-state index in [1.807, 2.05) is 0 Å². The standard InChI is InChI=1S/C9H8FIO2/c10-8-3-1-2-7(6-8)9(12)13-5-4-11/h1-3,6H,4-5H2. The van der Waals surface area contributed by atoms with Crippen molar-refractivity contribution in [2.75, 3.05) is 11.0 Å². The van der Waals surface area contributed by atoms with Crippen LogP contribution in [0, 0.1) is 5.82 Å². The smallest absolute Gasteiger partial charge is 0.338 e. The van der Waals surface area contributed by atoms with E-state index < -0.39 is 11.8 Å². The first kappa shape index (κ1) is 10.4. The molecular formula is C9H8FIO2. The minimum atomic E-state index is -0.476. The lowest BCUT2D eigenvalue weighted by molar-refractivity contribution is 0.0532. The molecule has 0 aromatic heterocycles. The van der Waals surface area contributed by atoms with E-state index in [9.17, 15) is 9.18 Å². The van der Waals surface area contributed by atoms with Crippen molar-refractivity contribution in [2.45, 2.75) is 0 Å². The molecule has 0 amide bonds. The predicted octanol–water partition coefficient (Wildman–Crippen LogP) is 2.42. The van der Waals surface area contributed by atoms with E-state index in [2.05, 4.69) is 22.6 Å². The number of carbonyl (C=O) groups excluding carboxylic acids is 1. The maximum absolute atomic E-state index is 12.6. The summed E-state index contributed by atoms with van der Waals surface area (Å²) in [5.74, 6) is -0.903. The molecule has 1 rings (SSSR count). The molecule has 13 heavy (non-hydrogen) atoms. The number of alkyl halides is 1. The van der Waals surface area contributed by atoms with Crippen LogP contribution in [-0.2, 0) is 4.74 Å². The van der Waals surface area contributed by atoms with Gasteiger partial charge in [-0.3, -0.25) is 0 Å². The number of benzene rings is 1. The van der Waals surface area contributed by atoms with Gasteiger partial charge in [0.15, 0.2) is 0 Å². The maximum atomic E-state index is 12.6. The zero-order chi connectivity index (χ0) is 9.68. The fraction of sp³-hybridized carbons (Fsp3) is 0.222. The van der Waals surface area contributed by atoms with Gasteiger partial charge in [-0.25, -0.2) is 9.18 Å². The molecule has 0 fully saturated rings.